The minimum absolute atomic E-state index is 0.246. The molecular formula is C17H19N5O2. The van der Waals surface area contributed by atoms with Crippen LogP contribution in [0.5, 0.6) is 0 Å². The molecule has 3 rings (SSSR count). The van der Waals surface area contributed by atoms with Gasteiger partial charge in [-0.05, 0) is 31.2 Å². The van der Waals surface area contributed by atoms with E-state index in [1.54, 1.807) is 24.0 Å². The summed E-state index contributed by atoms with van der Waals surface area (Å²) in [5.41, 5.74) is 2.43. The Kier molecular flexibility index (Phi) is 4.07. The van der Waals surface area contributed by atoms with E-state index in [2.05, 4.69) is 15.4 Å². The molecule has 2 amide bonds. The Labute approximate surface area is 139 Å². The lowest BCUT2D eigenvalue weighted by atomic mass is 10.1. The Morgan fingerprint density at radius 2 is 2.12 bits per heavy atom. The summed E-state index contributed by atoms with van der Waals surface area (Å²) in [4.78, 5) is 29.1. The average Bonchev–Trinajstić information content (AvgIpc) is 3.20. The number of hydrogen-bond donors (Lipinski definition) is 2. The van der Waals surface area contributed by atoms with Gasteiger partial charge in [0.05, 0.1) is 12.2 Å². The molecular weight excluding hydrogens is 306 g/mol. The maximum Gasteiger partial charge on any atom is 0.313 e. The molecule has 0 spiro atoms. The maximum absolute atomic E-state index is 12.4. The Hall–Kier alpha value is -3.09. The number of hydrogen-bond acceptors (Lipinski definition) is 3. The normalized spacial score (nSPS) is 12.1. The second-order valence-electron chi connectivity index (χ2n) is 5.77. The molecule has 1 aromatic carbocycles. The number of aromatic amines is 1. The number of carbonyl (C=O) groups is 2. The van der Waals surface area contributed by atoms with Crippen molar-refractivity contribution in [1.82, 2.24) is 19.7 Å². The Morgan fingerprint density at radius 1 is 1.33 bits per heavy atom. The smallest absolute Gasteiger partial charge is 0.313 e. The number of amides is 2. The highest BCUT2D eigenvalue weighted by atomic mass is 16.2. The van der Waals surface area contributed by atoms with Crippen molar-refractivity contribution in [3.05, 3.63) is 48.4 Å². The number of aromatic nitrogens is 3. The first-order valence-electron chi connectivity index (χ1n) is 7.59. The van der Waals surface area contributed by atoms with Crippen LogP contribution < -0.4 is 5.32 Å². The topological polar surface area (TPSA) is 83.0 Å². The summed E-state index contributed by atoms with van der Waals surface area (Å²) in [6.07, 6.45) is 5.34. The number of nitrogens with one attached hydrogen (secondary N) is 2. The van der Waals surface area contributed by atoms with Crippen LogP contribution in [-0.4, -0.2) is 38.5 Å². The molecule has 1 atom stereocenters. The van der Waals surface area contributed by atoms with Crippen LogP contribution >= 0.6 is 0 Å². The second kappa shape index (κ2) is 6.19. The van der Waals surface area contributed by atoms with Crippen LogP contribution in [0, 0.1) is 0 Å². The minimum atomic E-state index is -0.664. The van der Waals surface area contributed by atoms with Gasteiger partial charge in [0.25, 0.3) is 0 Å². The standard InChI is InChI=1S/C17H19N5O2/c1-11(13-9-19-21(2)10-13)22(3)17(24)16(23)20-14-4-5-15-12(8-14)6-7-18-15/h4-11,18H,1-3H3,(H,20,23)/t11-/m0/s1. The van der Waals surface area contributed by atoms with Gasteiger partial charge in [0.2, 0.25) is 0 Å². The molecule has 24 heavy (non-hydrogen) atoms. The number of carbonyl (C=O) groups excluding carboxylic acids is 2. The monoisotopic (exact) mass is 325 g/mol. The molecule has 0 saturated carbocycles. The van der Waals surface area contributed by atoms with E-state index in [-0.39, 0.29) is 6.04 Å². The maximum atomic E-state index is 12.4. The fraction of sp³-hybridized carbons (Fsp3) is 0.235. The number of aryl methyl sites for hydroxylation is 1. The molecule has 2 heterocycles. The molecule has 0 aliphatic carbocycles. The van der Waals surface area contributed by atoms with Gasteiger partial charge in [0.15, 0.2) is 0 Å². The van der Waals surface area contributed by atoms with Gasteiger partial charge in [-0.25, -0.2) is 0 Å². The van der Waals surface area contributed by atoms with E-state index in [0.717, 1.165) is 16.5 Å². The Balaban J connectivity index is 1.70. The number of likely N-dealkylation sites (N-methyl/N-ethyl adjacent to an activating group) is 1. The van der Waals surface area contributed by atoms with Crippen LogP contribution in [0.2, 0.25) is 0 Å². The van der Waals surface area contributed by atoms with Crippen molar-refractivity contribution < 1.29 is 9.59 Å². The lowest BCUT2D eigenvalue weighted by molar-refractivity contribution is -0.143. The first-order valence-corrected chi connectivity index (χ1v) is 7.59. The zero-order valence-electron chi connectivity index (χ0n) is 13.8. The quantitative estimate of drug-likeness (QED) is 0.723. The molecule has 0 fully saturated rings. The van der Waals surface area contributed by atoms with E-state index >= 15 is 0 Å². The summed E-state index contributed by atoms with van der Waals surface area (Å²) in [6.45, 7) is 1.86. The zero-order valence-corrected chi connectivity index (χ0v) is 13.8. The first-order chi connectivity index (χ1) is 11.5. The lowest BCUT2D eigenvalue weighted by Gasteiger charge is -2.23. The van der Waals surface area contributed by atoms with Gasteiger partial charge in [-0.3, -0.25) is 14.3 Å². The number of anilines is 1. The molecule has 3 aromatic rings. The third kappa shape index (κ3) is 3.01. The first kappa shape index (κ1) is 15.8. The molecule has 2 aromatic heterocycles. The molecule has 0 saturated heterocycles. The summed E-state index contributed by atoms with van der Waals surface area (Å²) in [7, 11) is 3.41. The van der Waals surface area contributed by atoms with E-state index in [1.165, 1.54) is 4.90 Å². The van der Waals surface area contributed by atoms with E-state index in [0.29, 0.717) is 5.69 Å². The molecule has 2 N–H and O–H groups in total. The number of H-pyrrole nitrogens is 1. The predicted octanol–water partition coefficient (Wildman–Crippen LogP) is 2.06. The third-order valence-electron chi connectivity index (χ3n) is 4.11. The van der Waals surface area contributed by atoms with Gasteiger partial charge in [-0.1, -0.05) is 0 Å². The van der Waals surface area contributed by atoms with Crippen LogP contribution in [0.4, 0.5) is 5.69 Å². The third-order valence-corrected chi connectivity index (χ3v) is 4.11. The molecule has 0 radical (unpaired) electrons. The molecule has 7 heteroatoms. The second-order valence-corrected chi connectivity index (χ2v) is 5.77. The largest absolute Gasteiger partial charge is 0.361 e. The van der Waals surface area contributed by atoms with Gasteiger partial charge >= 0.3 is 11.8 Å². The summed E-state index contributed by atoms with van der Waals surface area (Å²) in [5.74, 6) is -1.26. The van der Waals surface area contributed by atoms with Crippen LogP contribution in [0.25, 0.3) is 10.9 Å². The highest BCUT2D eigenvalue weighted by Gasteiger charge is 2.24. The van der Waals surface area contributed by atoms with Crippen molar-refractivity contribution in [2.45, 2.75) is 13.0 Å². The van der Waals surface area contributed by atoms with Crippen LogP contribution in [0.15, 0.2) is 42.9 Å². The van der Waals surface area contributed by atoms with E-state index in [9.17, 15) is 9.59 Å². The van der Waals surface area contributed by atoms with Gasteiger partial charge in [0, 0.05) is 48.6 Å². The highest BCUT2D eigenvalue weighted by molar-refractivity contribution is 6.39. The van der Waals surface area contributed by atoms with Crippen LogP contribution in [0.3, 0.4) is 0 Å². The van der Waals surface area contributed by atoms with Gasteiger partial charge in [0.1, 0.15) is 0 Å². The number of benzene rings is 1. The Bertz CT molecular complexity index is 895. The summed E-state index contributed by atoms with van der Waals surface area (Å²) in [5, 5.41) is 7.71. The van der Waals surface area contributed by atoms with Crippen molar-refractivity contribution in [3.63, 3.8) is 0 Å². The fourth-order valence-electron chi connectivity index (χ4n) is 2.53. The SMILES string of the molecule is C[C@@H](c1cnn(C)c1)N(C)C(=O)C(=O)Nc1ccc2[nH]ccc2c1. The van der Waals surface area contributed by atoms with E-state index in [1.807, 2.05) is 44.6 Å². The Morgan fingerprint density at radius 3 is 2.83 bits per heavy atom. The average molecular weight is 325 g/mol. The molecule has 0 bridgehead atoms. The van der Waals surface area contributed by atoms with Crippen LogP contribution in [0.1, 0.15) is 18.5 Å². The van der Waals surface area contributed by atoms with Crippen molar-refractivity contribution in [2.24, 2.45) is 7.05 Å². The molecule has 7 nitrogen and oxygen atoms in total. The molecule has 0 aliphatic heterocycles. The van der Waals surface area contributed by atoms with Crippen molar-refractivity contribution in [1.29, 1.82) is 0 Å². The lowest BCUT2D eigenvalue weighted by Crippen LogP contribution is -2.38. The van der Waals surface area contributed by atoms with Crippen molar-refractivity contribution >= 4 is 28.4 Å². The van der Waals surface area contributed by atoms with Crippen molar-refractivity contribution in [3.8, 4) is 0 Å². The number of fused-ring (bicyclic) bond motifs is 1. The molecule has 0 aliphatic rings. The minimum Gasteiger partial charge on any atom is -0.361 e. The van der Waals surface area contributed by atoms with Gasteiger partial charge in [-0.15, -0.1) is 0 Å². The zero-order chi connectivity index (χ0) is 17.3. The summed E-state index contributed by atoms with van der Waals surface area (Å²) >= 11 is 0. The summed E-state index contributed by atoms with van der Waals surface area (Å²) in [6, 6.07) is 7.10. The fourth-order valence-corrected chi connectivity index (χ4v) is 2.53. The molecule has 0 unspecified atom stereocenters. The van der Waals surface area contributed by atoms with E-state index < -0.39 is 11.8 Å². The number of rotatable bonds is 3. The highest BCUT2D eigenvalue weighted by Crippen LogP contribution is 2.20. The predicted molar refractivity (Wildman–Crippen MR) is 91.3 cm³/mol. The van der Waals surface area contributed by atoms with Gasteiger partial charge in [-0.2, -0.15) is 5.10 Å². The summed E-state index contributed by atoms with van der Waals surface area (Å²) < 4.78 is 1.66. The van der Waals surface area contributed by atoms with E-state index in [4.69, 9.17) is 0 Å². The van der Waals surface area contributed by atoms with Gasteiger partial charge < -0.3 is 15.2 Å². The van der Waals surface area contributed by atoms with Crippen molar-refractivity contribution in [2.75, 3.05) is 12.4 Å². The van der Waals surface area contributed by atoms with Crippen LogP contribution in [-0.2, 0) is 16.6 Å². The molecule has 124 valence electrons. The number of nitrogens with zero attached hydrogens (tertiary/aromatic N) is 3.